The van der Waals surface area contributed by atoms with Gasteiger partial charge in [-0.1, -0.05) is 36.4 Å². The number of hydrogen-bond acceptors (Lipinski definition) is 24. The Morgan fingerprint density at radius 3 is 0.923 bits per heavy atom. The summed E-state index contributed by atoms with van der Waals surface area (Å²) in [6.07, 6.45) is 5.98. The number of carboxylic acids is 6. The summed E-state index contributed by atoms with van der Waals surface area (Å²) in [5, 5.41) is 58.0. The van der Waals surface area contributed by atoms with Gasteiger partial charge >= 0.3 is 177 Å². The molecular weight excluding hydrogens is 1060 g/mol. The van der Waals surface area contributed by atoms with E-state index in [1.54, 1.807) is 42.5 Å². The standard InChI is InChI=1S/C10H16N2O8.C7H6O2.C6H8O2.4Na.H6O18P6/c13-7(14)3-11(4-8(15)16)1-2-12(5-9(17)18)6-10(19)20;8-7(9)6-4-2-1-3-5-6;1-2-3-4-5-6(7)8;;;;;1-19(2)13-20(3,4)15-22(7,8)17-24(11,12)18-23(9,10)16-21(5,6)14-19/h1-6H2,(H,13,14)(H,15,16)(H,17,18)(H,19,20);1-5H,(H,8,9);2-5H,1H3,(H,7,8);;;;;(H,1,2)(H,3,4)(H,5,6)(H,7,8)(H,9,10)(H,11,12)/q;;;4*+1;/p-4. The van der Waals surface area contributed by atoms with Gasteiger partial charge in [-0.05, 0) is 19.1 Å². The van der Waals surface area contributed by atoms with Gasteiger partial charge in [-0.2, -0.15) is 25.9 Å². The summed E-state index contributed by atoms with van der Waals surface area (Å²) in [7, 11) is -36.7. The Kier molecular flexibility index (Phi) is 42.9. The Morgan fingerprint density at radius 2 is 0.754 bits per heavy atom. The van der Waals surface area contributed by atoms with Crippen LogP contribution in [-0.4, -0.2) is 124 Å². The Bertz CT molecular complexity index is 1790. The molecule has 42 heteroatoms. The van der Waals surface area contributed by atoms with E-state index in [4.69, 9.17) is 39.6 Å². The number of rotatable bonds is 14. The number of carbonyl (C=O) groups excluding carboxylic acids is 4. The maximum atomic E-state index is 11.2. The number of nitrogens with zero attached hydrogens (tertiary/aromatic N) is 2. The molecule has 0 unspecified atom stereocenters. The van der Waals surface area contributed by atoms with Gasteiger partial charge in [0.05, 0.1) is 29.4 Å². The molecule has 0 radical (unpaired) electrons. The number of allylic oxidation sites excluding steroid dienone is 3. The van der Waals surface area contributed by atoms with Gasteiger partial charge < -0.3 is 79.2 Å². The van der Waals surface area contributed by atoms with Crippen molar-refractivity contribution in [3.05, 3.63) is 60.2 Å². The summed E-state index contributed by atoms with van der Waals surface area (Å²) in [6.45, 7) is -1.43. The summed E-state index contributed by atoms with van der Waals surface area (Å²) >= 11 is 0. The van der Waals surface area contributed by atoms with Crippen LogP contribution in [-0.2, 0) is 77.2 Å². The number of aromatic carboxylic acids is 1. The topological polar surface area (TPSA) is 521 Å². The van der Waals surface area contributed by atoms with Crippen LogP contribution >= 0.6 is 46.9 Å². The van der Waals surface area contributed by atoms with Crippen molar-refractivity contribution in [1.82, 2.24) is 9.80 Å². The van der Waals surface area contributed by atoms with Crippen LogP contribution in [0.4, 0.5) is 0 Å². The van der Waals surface area contributed by atoms with Crippen molar-refractivity contribution in [3.63, 3.8) is 0 Å². The third-order valence-corrected chi connectivity index (χ3v) is 14.8. The third kappa shape index (κ3) is 45.2. The molecule has 0 amide bonds. The Labute approximate surface area is 454 Å². The Hall–Kier alpha value is 0.340. The maximum absolute atomic E-state index is 11.2. The van der Waals surface area contributed by atoms with Crippen LogP contribution in [0.15, 0.2) is 54.6 Å². The largest absolute Gasteiger partial charge is 1.00 e. The summed E-state index contributed by atoms with van der Waals surface area (Å²) in [6, 6.07) is 8.30. The van der Waals surface area contributed by atoms with Gasteiger partial charge in [0.1, 0.15) is 0 Å². The molecule has 0 atom stereocenters. The SMILES string of the molecule is CC=CC=CC(=O)O.O=C(O)c1ccccc1.O=C([O-])CN(CCN(CC(=O)[O-])CC(=O)[O-])CC(=O)[O-].O=P1(O)OP(=O)(O)OP(=O)(O)OP(=O)(O)OP(=O)(O)OP(=O)(O)O1.[Na+].[Na+].[Na+].[Na+]. The number of phosphoric acid groups is 6. The zero-order valence-electron chi connectivity index (χ0n) is 34.1. The molecular formula is C23H32N2Na4O30P6. The minimum Gasteiger partial charge on any atom is -0.549 e. The van der Waals surface area contributed by atoms with Crippen molar-refractivity contribution in [2.45, 2.75) is 6.92 Å². The van der Waals surface area contributed by atoms with Crippen LogP contribution in [0.1, 0.15) is 17.3 Å². The van der Waals surface area contributed by atoms with E-state index >= 15 is 0 Å². The average Bonchev–Trinajstić information content (AvgIpc) is 2.99. The predicted molar refractivity (Wildman–Crippen MR) is 183 cm³/mol. The molecule has 0 saturated carbocycles. The monoisotopic (exact) mass is 1090 g/mol. The van der Waals surface area contributed by atoms with Gasteiger partial charge in [0.15, 0.2) is 0 Å². The van der Waals surface area contributed by atoms with E-state index in [1.807, 2.05) is 6.92 Å². The molecule has 1 heterocycles. The molecule has 2 rings (SSSR count). The second-order valence-electron chi connectivity index (χ2n) is 10.1. The fraction of sp³-hybridized carbons (Fsp3) is 0.304. The summed E-state index contributed by atoms with van der Waals surface area (Å²) < 4.78 is 86.9. The minimum absolute atomic E-state index is 0. The van der Waals surface area contributed by atoms with Gasteiger partial charge in [-0.3, -0.25) is 9.80 Å². The van der Waals surface area contributed by atoms with E-state index in [0.717, 1.165) is 15.9 Å². The first-order valence-corrected chi connectivity index (χ1v) is 23.8. The van der Waals surface area contributed by atoms with Gasteiger partial charge in [-0.15, -0.1) is 0 Å². The smallest absolute Gasteiger partial charge is 0.549 e. The molecule has 0 spiro atoms. The first-order chi connectivity index (χ1) is 27.5. The number of benzene rings is 1. The van der Waals surface area contributed by atoms with Crippen molar-refractivity contribution in [1.29, 1.82) is 0 Å². The van der Waals surface area contributed by atoms with E-state index in [-0.39, 0.29) is 131 Å². The summed E-state index contributed by atoms with van der Waals surface area (Å²) in [5.41, 5.74) is 0.331. The molecule has 8 N–H and O–H groups in total. The average molecular weight is 1090 g/mol. The maximum Gasteiger partial charge on any atom is 1.00 e. The first-order valence-electron chi connectivity index (χ1n) is 14.8. The summed E-state index contributed by atoms with van der Waals surface area (Å²) in [5.74, 6) is -7.91. The fourth-order valence-electron chi connectivity index (χ4n) is 3.14. The molecule has 0 aromatic heterocycles. The van der Waals surface area contributed by atoms with Crippen LogP contribution < -0.4 is 139 Å². The van der Waals surface area contributed by atoms with Gasteiger partial charge in [-0.25, -0.2) is 37.0 Å². The van der Waals surface area contributed by atoms with Crippen molar-refractivity contribution in [2.24, 2.45) is 0 Å². The van der Waals surface area contributed by atoms with Crippen molar-refractivity contribution >= 4 is 82.8 Å². The molecule has 65 heavy (non-hydrogen) atoms. The van der Waals surface area contributed by atoms with E-state index < -0.39 is 109 Å². The molecule has 348 valence electrons. The molecule has 1 saturated heterocycles. The molecule has 1 aliphatic rings. The molecule has 1 aromatic rings. The van der Waals surface area contributed by atoms with Crippen LogP contribution in [0.5, 0.6) is 0 Å². The zero-order valence-corrected chi connectivity index (χ0v) is 47.4. The van der Waals surface area contributed by atoms with Gasteiger partial charge in [0.25, 0.3) is 0 Å². The normalized spacial score (nSPS) is 26.3. The van der Waals surface area contributed by atoms with Crippen LogP contribution in [0, 0.1) is 0 Å². The fourth-order valence-corrected chi connectivity index (χ4v) is 11.7. The molecule has 0 bridgehead atoms. The van der Waals surface area contributed by atoms with Crippen LogP contribution in [0.2, 0.25) is 0 Å². The Balaban J connectivity index is -0.000000190. The zero-order chi connectivity index (χ0) is 48.0. The Morgan fingerprint density at radius 1 is 0.508 bits per heavy atom. The van der Waals surface area contributed by atoms with E-state index in [1.165, 1.54) is 6.08 Å². The number of carbonyl (C=O) groups is 6. The molecule has 0 aliphatic carbocycles. The van der Waals surface area contributed by atoms with Crippen LogP contribution in [0.25, 0.3) is 0 Å². The van der Waals surface area contributed by atoms with E-state index in [0.29, 0.717) is 5.56 Å². The number of hydrogen-bond donors (Lipinski definition) is 8. The molecule has 32 nitrogen and oxygen atoms in total. The van der Waals surface area contributed by atoms with Gasteiger partial charge in [0.2, 0.25) is 0 Å². The number of aliphatic carboxylic acids is 5. The molecule has 1 aromatic carbocycles. The third-order valence-electron chi connectivity index (χ3n) is 4.94. The predicted octanol–water partition coefficient (Wildman–Crippen LogP) is -16.1. The van der Waals surface area contributed by atoms with E-state index in [2.05, 4.69) is 25.9 Å². The minimum atomic E-state index is -6.11. The summed E-state index contributed by atoms with van der Waals surface area (Å²) in [4.78, 5) is 117. The van der Waals surface area contributed by atoms with Crippen molar-refractivity contribution < 1.29 is 260 Å². The molecule has 1 fully saturated rings. The second-order valence-corrected chi connectivity index (χ2v) is 19.6. The van der Waals surface area contributed by atoms with Crippen molar-refractivity contribution in [2.75, 3.05) is 39.3 Å². The molecule has 1 aliphatic heterocycles. The quantitative estimate of drug-likeness (QED) is 0.0371. The number of carboxylic acid groups (broad SMARTS) is 6. The van der Waals surface area contributed by atoms with E-state index in [9.17, 15) is 76.6 Å². The van der Waals surface area contributed by atoms with Crippen molar-refractivity contribution in [3.8, 4) is 0 Å². The van der Waals surface area contributed by atoms with Gasteiger partial charge in [0, 0.05) is 45.3 Å². The first kappa shape index (κ1) is 76.8. The second kappa shape index (κ2) is 36.3. The van der Waals surface area contributed by atoms with Crippen LogP contribution in [0.3, 0.4) is 0 Å².